The van der Waals surface area contributed by atoms with Crippen molar-refractivity contribution in [3.63, 3.8) is 0 Å². The fraction of sp³-hybridized carbons (Fsp3) is 0.588. The highest BCUT2D eigenvalue weighted by atomic mass is 19.4. The quantitative estimate of drug-likeness (QED) is 0.890. The standard InChI is InChI=1S/C17H23F3N2O2/c1-22(13-6-4-3-5-7-13)16(23)21-11-12-8-9-14(24-2)10-15(12)17(18,19)20/h8-10,13H,3-7,11H2,1-2H3,(H,21,23). The SMILES string of the molecule is COc1ccc(CNC(=O)N(C)C2CCCCC2)c(C(F)(F)F)c1. The van der Waals surface area contributed by atoms with E-state index in [-0.39, 0.29) is 29.9 Å². The van der Waals surface area contributed by atoms with Crippen LogP contribution in [0.5, 0.6) is 5.75 Å². The molecule has 2 amide bonds. The molecule has 1 aliphatic rings. The van der Waals surface area contributed by atoms with E-state index in [1.54, 1.807) is 11.9 Å². The van der Waals surface area contributed by atoms with Crippen LogP contribution in [-0.2, 0) is 12.7 Å². The molecule has 0 radical (unpaired) electrons. The van der Waals surface area contributed by atoms with Crippen LogP contribution in [0, 0.1) is 0 Å². The average molecular weight is 344 g/mol. The summed E-state index contributed by atoms with van der Waals surface area (Å²) in [6, 6.07) is 3.57. The number of amides is 2. The van der Waals surface area contributed by atoms with Gasteiger partial charge in [0.25, 0.3) is 0 Å². The summed E-state index contributed by atoms with van der Waals surface area (Å²) in [4.78, 5) is 13.8. The van der Waals surface area contributed by atoms with E-state index in [9.17, 15) is 18.0 Å². The number of hydrogen-bond donors (Lipinski definition) is 1. The molecule has 0 aromatic heterocycles. The molecule has 1 aromatic carbocycles. The average Bonchev–Trinajstić information content (AvgIpc) is 2.58. The van der Waals surface area contributed by atoms with Crippen LogP contribution in [-0.4, -0.2) is 31.1 Å². The van der Waals surface area contributed by atoms with Crippen molar-refractivity contribution >= 4 is 6.03 Å². The van der Waals surface area contributed by atoms with Crippen LogP contribution in [0.15, 0.2) is 18.2 Å². The van der Waals surface area contributed by atoms with E-state index in [0.29, 0.717) is 0 Å². The third-order valence-electron chi connectivity index (χ3n) is 4.50. The first-order chi connectivity index (χ1) is 11.3. The molecule has 1 fully saturated rings. The second kappa shape index (κ2) is 7.77. The normalized spacial score (nSPS) is 15.9. The van der Waals surface area contributed by atoms with Gasteiger partial charge in [0, 0.05) is 19.6 Å². The molecular formula is C17H23F3N2O2. The van der Waals surface area contributed by atoms with E-state index in [2.05, 4.69) is 5.32 Å². The molecule has 0 unspecified atom stereocenters. The molecule has 134 valence electrons. The number of rotatable bonds is 4. The van der Waals surface area contributed by atoms with Crippen molar-refractivity contribution in [2.75, 3.05) is 14.2 Å². The number of hydrogen-bond acceptors (Lipinski definition) is 2. The van der Waals surface area contributed by atoms with Gasteiger partial charge in [-0.25, -0.2) is 4.79 Å². The number of halogens is 3. The van der Waals surface area contributed by atoms with Gasteiger partial charge < -0.3 is 15.0 Å². The van der Waals surface area contributed by atoms with Gasteiger partial charge in [0.15, 0.2) is 0 Å². The predicted molar refractivity (Wildman–Crippen MR) is 84.9 cm³/mol. The van der Waals surface area contributed by atoms with Crippen LogP contribution in [0.25, 0.3) is 0 Å². The number of carbonyl (C=O) groups is 1. The van der Waals surface area contributed by atoms with Crippen molar-refractivity contribution in [3.05, 3.63) is 29.3 Å². The smallest absolute Gasteiger partial charge is 0.416 e. The van der Waals surface area contributed by atoms with E-state index in [1.807, 2.05) is 0 Å². The molecule has 1 aliphatic carbocycles. The highest BCUT2D eigenvalue weighted by Crippen LogP contribution is 2.34. The summed E-state index contributed by atoms with van der Waals surface area (Å²) in [5.41, 5.74) is -0.767. The zero-order chi connectivity index (χ0) is 17.7. The summed E-state index contributed by atoms with van der Waals surface area (Å²) in [5.74, 6) is 0.136. The topological polar surface area (TPSA) is 41.6 Å². The molecule has 0 saturated heterocycles. The van der Waals surface area contributed by atoms with E-state index in [4.69, 9.17) is 4.74 Å². The highest BCUT2D eigenvalue weighted by Gasteiger charge is 2.34. The van der Waals surface area contributed by atoms with Gasteiger partial charge in [0.05, 0.1) is 12.7 Å². The first-order valence-corrected chi connectivity index (χ1v) is 8.07. The van der Waals surface area contributed by atoms with Crippen LogP contribution in [0.3, 0.4) is 0 Å². The molecule has 24 heavy (non-hydrogen) atoms. The molecule has 0 aliphatic heterocycles. The number of alkyl halides is 3. The molecule has 0 bridgehead atoms. The van der Waals surface area contributed by atoms with Crippen LogP contribution >= 0.6 is 0 Å². The molecule has 1 N–H and O–H groups in total. The van der Waals surface area contributed by atoms with Gasteiger partial charge in [-0.3, -0.25) is 0 Å². The Balaban J connectivity index is 2.04. The maximum atomic E-state index is 13.2. The van der Waals surface area contributed by atoms with Gasteiger partial charge in [-0.05, 0) is 30.5 Å². The van der Waals surface area contributed by atoms with E-state index in [1.165, 1.54) is 25.7 Å². The van der Waals surface area contributed by atoms with Gasteiger partial charge in [0.2, 0.25) is 0 Å². The Morgan fingerprint density at radius 2 is 1.96 bits per heavy atom. The molecule has 4 nitrogen and oxygen atoms in total. The lowest BCUT2D eigenvalue weighted by atomic mass is 9.95. The molecule has 0 spiro atoms. The van der Waals surface area contributed by atoms with Crippen molar-refractivity contribution in [1.29, 1.82) is 0 Å². The molecule has 1 saturated carbocycles. The maximum absolute atomic E-state index is 13.2. The number of nitrogens with zero attached hydrogens (tertiary/aromatic N) is 1. The molecule has 0 atom stereocenters. The van der Waals surface area contributed by atoms with E-state index < -0.39 is 11.7 Å². The van der Waals surface area contributed by atoms with Gasteiger partial charge >= 0.3 is 12.2 Å². The van der Waals surface area contributed by atoms with Crippen molar-refractivity contribution in [2.45, 2.75) is 50.9 Å². The van der Waals surface area contributed by atoms with Crippen LogP contribution in [0.2, 0.25) is 0 Å². The minimum atomic E-state index is -4.50. The monoisotopic (exact) mass is 344 g/mol. The molecule has 1 aromatic rings. The number of carbonyl (C=O) groups excluding carboxylic acids is 1. The summed E-state index contributed by atoms with van der Waals surface area (Å²) >= 11 is 0. The number of methoxy groups -OCH3 is 1. The maximum Gasteiger partial charge on any atom is 0.416 e. The summed E-state index contributed by atoms with van der Waals surface area (Å²) < 4.78 is 44.3. The summed E-state index contributed by atoms with van der Waals surface area (Å²) in [6.45, 7) is -0.172. The van der Waals surface area contributed by atoms with Gasteiger partial charge in [-0.15, -0.1) is 0 Å². The second-order valence-electron chi connectivity index (χ2n) is 6.08. The Labute approximate surface area is 140 Å². The molecule has 7 heteroatoms. The largest absolute Gasteiger partial charge is 0.497 e. The Morgan fingerprint density at radius 1 is 1.29 bits per heavy atom. The Bertz CT molecular complexity index is 569. The Morgan fingerprint density at radius 3 is 2.54 bits per heavy atom. The van der Waals surface area contributed by atoms with Crippen molar-refractivity contribution in [1.82, 2.24) is 10.2 Å². The zero-order valence-electron chi connectivity index (χ0n) is 13.9. The Kier molecular flexibility index (Phi) is 5.96. The minimum absolute atomic E-state index is 0.0219. The van der Waals surface area contributed by atoms with E-state index >= 15 is 0 Å². The Hall–Kier alpha value is -1.92. The van der Waals surface area contributed by atoms with Gasteiger partial charge in [0.1, 0.15) is 5.75 Å². The zero-order valence-corrected chi connectivity index (χ0v) is 13.9. The van der Waals surface area contributed by atoms with Crippen LogP contribution < -0.4 is 10.1 Å². The van der Waals surface area contributed by atoms with E-state index in [0.717, 1.165) is 31.7 Å². The van der Waals surface area contributed by atoms with Crippen LogP contribution in [0.1, 0.15) is 43.2 Å². The molecule has 2 rings (SSSR count). The summed E-state index contributed by atoms with van der Waals surface area (Å²) in [7, 11) is 3.01. The fourth-order valence-corrected chi connectivity index (χ4v) is 3.03. The number of nitrogens with one attached hydrogen (secondary N) is 1. The lowest BCUT2D eigenvalue weighted by molar-refractivity contribution is -0.138. The van der Waals surface area contributed by atoms with Gasteiger partial charge in [-0.2, -0.15) is 13.2 Å². The minimum Gasteiger partial charge on any atom is -0.497 e. The lowest BCUT2D eigenvalue weighted by Gasteiger charge is -2.31. The summed E-state index contributed by atoms with van der Waals surface area (Å²) in [6.07, 6.45) is 0.731. The highest BCUT2D eigenvalue weighted by molar-refractivity contribution is 5.74. The molecular weight excluding hydrogens is 321 g/mol. The third-order valence-corrected chi connectivity index (χ3v) is 4.50. The second-order valence-corrected chi connectivity index (χ2v) is 6.08. The fourth-order valence-electron chi connectivity index (χ4n) is 3.03. The van der Waals surface area contributed by atoms with Crippen molar-refractivity contribution in [3.8, 4) is 5.75 Å². The van der Waals surface area contributed by atoms with Crippen molar-refractivity contribution in [2.24, 2.45) is 0 Å². The van der Waals surface area contributed by atoms with Gasteiger partial charge in [-0.1, -0.05) is 25.3 Å². The third kappa shape index (κ3) is 4.55. The first-order valence-electron chi connectivity index (χ1n) is 8.07. The lowest BCUT2D eigenvalue weighted by Crippen LogP contribution is -2.44. The van der Waals surface area contributed by atoms with Crippen molar-refractivity contribution < 1.29 is 22.7 Å². The number of benzene rings is 1. The first kappa shape index (κ1) is 18.4. The van der Waals surface area contributed by atoms with Crippen LogP contribution in [0.4, 0.5) is 18.0 Å². The number of urea groups is 1. The summed E-state index contributed by atoms with van der Waals surface area (Å²) in [5, 5.41) is 2.59. The predicted octanol–water partition coefficient (Wildman–Crippen LogP) is 4.19. The number of ether oxygens (including phenoxy) is 1. The molecule has 0 heterocycles.